The molecule has 6 nitrogen and oxygen atoms in total. The molecule has 0 aromatic carbocycles. The number of hydrogen-bond acceptors (Lipinski definition) is 6. The highest BCUT2D eigenvalue weighted by Gasteiger charge is 2.31. The van der Waals surface area contributed by atoms with E-state index in [0.29, 0.717) is 36.0 Å². The SMILES string of the molecule is CCc1ccc(S(=O)(=O)N2CCC(Oc3ccncn3)CC2)s1. The summed E-state index contributed by atoms with van der Waals surface area (Å²) in [5, 5.41) is 0. The van der Waals surface area contributed by atoms with Gasteiger partial charge in [0.15, 0.2) is 0 Å². The van der Waals surface area contributed by atoms with Gasteiger partial charge in [-0.2, -0.15) is 4.31 Å². The van der Waals surface area contributed by atoms with Crippen molar-refractivity contribution in [2.75, 3.05) is 13.1 Å². The Labute approximate surface area is 140 Å². The molecule has 0 aliphatic carbocycles. The number of rotatable bonds is 5. The molecule has 3 heterocycles. The van der Waals surface area contributed by atoms with Crippen LogP contribution in [0.15, 0.2) is 34.9 Å². The predicted molar refractivity (Wildman–Crippen MR) is 88.1 cm³/mol. The van der Waals surface area contributed by atoms with Crippen LogP contribution in [0.1, 0.15) is 24.6 Å². The Morgan fingerprint density at radius 1 is 1.30 bits per heavy atom. The zero-order chi connectivity index (χ0) is 16.3. The molecule has 3 rings (SSSR count). The molecule has 0 spiro atoms. The zero-order valence-corrected chi connectivity index (χ0v) is 14.5. The first kappa shape index (κ1) is 16.4. The lowest BCUT2D eigenvalue weighted by molar-refractivity contribution is 0.130. The van der Waals surface area contributed by atoms with Gasteiger partial charge in [0.1, 0.15) is 16.6 Å². The van der Waals surface area contributed by atoms with E-state index in [1.54, 1.807) is 22.6 Å². The maximum atomic E-state index is 12.7. The largest absolute Gasteiger partial charge is 0.474 e. The van der Waals surface area contributed by atoms with Crippen molar-refractivity contribution < 1.29 is 13.2 Å². The van der Waals surface area contributed by atoms with Crippen LogP contribution < -0.4 is 4.74 Å². The second-order valence-corrected chi connectivity index (χ2v) is 8.68. The Hall–Kier alpha value is -1.51. The second-order valence-electron chi connectivity index (χ2n) is 5.34. The highest BCUT2D eigenvalue weighted by atomic mass is 32.2. The molecule has 0 amide bonds. The molecule has 124 valence electrons. The quantitative estimate of drug-likeness (QED) is 0.825. The van der Waals surface area contributed by atoms with Gasteiger partial charge in [0.25, 0.3) is 10.0 Å². The molecule has 0 unspecified atom stereocenters. The maximum Gasteiger partial charge on any atom is 0.252 e. The molecule has 0 radical (unpaired) electrons. The smallest absolute Gasteiger partial charge is 0.252 e. The molecule has 1 fully saturated rings. The third-order valence-electron chi connectivity index (χ3n) is 3.82. The first-order chi connectivity index (χ1) is 11.1. The molecule has 1 saturated heterocycles. The Balaban J connectivity index is 1.62. The second kappa shape index (κ2) is 6.94. The normalized spacial score (nSPS) is 17.3. The fourth-order valence-corrected chi connectivity index (χ4v) is 5.44. The van der Waals surface area contributed by atoms with Gasteiger partial charge in [0.05, 0.1) is 0 Å². The van der Waals surface area contributed by atoms with Crippen molar-refractivity contribution in [1.82, 2.24) is 14.3 Å². The van der Waals surface area contributed by atoms with Crippen LogP contribution in [0.5, 0.6) is 5.88 Å². The first-order valence-electron chi connectivity index (χ1n) is 7.61. The highest BCUT2D eigenvalue weighted by Crippen LogP contribution is 2.28. The third-order valence-corrected chi connectivity index (χ3v) is 7.42. The Morgan fingerprint density at radius 2 is 2.09 bits per heavy atom. The molecule has 2 aromatic rings. The van der Waals surface area contributed by atoms with Gasteiger partial charge in [-0.1, -0.05) is 6.92 Å². The number of sulfonamides is 1. The minimum Gasteiger partial charge on any atom is -0.474 e. The van der Waals surface area contributed by atoms with E-state index in [2.05, 4.69) is 9.97 Å². The van der Waals surface area contributed by atoms with E-state index in [1.165, 1.54) is 17.7 Å². The average molecular weight is 353 g/mol. The summed E-state index contributed by atoms with van der Waals surface area (Å²) in [5.41, 5.74) is 0. The minimum atomic E-state index is -3.38. The fourth-order valence-electron chi connectivity index (χ4n) is 2.52. The molecule has 1 aliphatic heterocycles. The summed E-state index contributed by atoms with van der Waals surface area (Å²) in [6.07, 6.45) is 5.24. The van der Waals surface area contributed by atoms with Gasteiger partial charge in [-0.05, 0) is 31.4 Å². The minimum absolute atomic E-state index is 0.00844. The topological polar surface area (TPSA) is 72.4 Å². The number of hydrogen-bond donors (Lipinski definition) is 0. The van der Waals surface area contributed by atoms with Gasteiger partial charge in [0.2, 0.25) is 5.88 Å². The summed E-state index contributed by atoms with van der Waals surface area (Å²) in [4.78, 5) is 8.97. The summed E-state index contributed by atoms with van der Waals surface area (Å²) >= 11 is 1.36. The number of piperidine rings is 1. The van der Waals surface area contributed by atoms with Gasteiger partial charge >= 0.3 is 0 Å². The Kier molecular flexibility index (Phi) is 4.93. The number of aromatic nitrogens is 2. The van der Waals surface area contributed by atoms with Gasteiger partial charge in [0, 0.05) is 30.2 Å². The molecule has 0 N–H and O–H groups in total. The third kappa shape index (κ3) is 3.70. The van der Waals surface area contributed by atoms with Gasteiger partial charge in [-0.25, -0.2) is 18.4 Å². The van der Waals surface area contributed by atoms with E-state index in [0.717, 1.165) is 11.3 Å². The summed E-state index contributed by atoms with van der Waals surface area (Å²) in [5.74, 6) is 0.534. The average Bonchev–Trinajstić information content (AvgIpc) is 3.06. The first-order valence-corrected chi connectivity index (χ1v) is 9.87. The number of ether oxygens (including phenoxy) is 1. The van der Waals surface area contributed by atoms with Crippen LogP contribution in [0.4, 0.5) is 0 Å². The van der Waals surface area contributed by atoms with E-state index >= 15 is 0 Å². The van der Waals surface area contributed by atoms with Crippen LogP contribution in [-0.2, 0) is 16.4 Å². The van der Waals surface area contributed by atoms with Crippen LogP contribution in [0.3, 0.4) is 0 Å². The van der Waals surface area contributed by atoms with Crippen molar-refractivity contribution >= 4 is 21.4 Å². The van der Waals surface area contributed by atoms with Crippen molar-refractivity contribution in [3.8, 4) is 5.88 Å². The lowest BCUT2D eigenvalue weighted by atomic mass is 10.1. The summed E-state index contributed by atoms with van der Waals surface area (Å²) in [7, 11) is -3.38. The lowest BCUT2D eigenvalue weighted by Gasteiger charge is -2.30. The number of nitrogens with zero attached hydrogens (tertiary/aromatic N) is 3. The molecule has 1 aliphatic rings. The number of thiophene rings is 1. The van der Waals surface area contributed by atoms with Crippen molar-refractivity contribution in [1.29, 1.82) is 0 Å². The summed E-state index contributed by atoms with van der Waals surface area (Å²) < 4.78 is 33.1. The molecule has 0 saturated carbocycles. The van der Waals surface area contributed by atoms with Gasteiger partial charge in [-0.15, -0.1) is 11.3 Å². The van der Waals surface area contributed by atoms with Crippen LogP contribution in [0.25, 0.3) is 0 Å². The highest BCUT2D eigenvalue weighted by molar-refractivity contribution is 7.91. The van der Waals surface area contributed by atoms with Gasteiger partial charge in [-0.3, -0.25) is 0 Å². The molecule has 23 heavy (non-hydrogen) atoms. The van der Waals surface area contributed by atoms with E-state index in [9.17, 15) is 8.42 Å². The molecule has 0 atom stereocenters. The van der Waals surface area contributed by atoms with E-state index in [-0.39, 0.29) is 6.10 Å². The molecule has 0 bridgehead atoms. The van der Waals surface area contributed by atoms with Gasteiger partial charge < -0.3 is 4.74 Å². The lowest BCUT2D eigenvalue weighted by Crippen LogP contribution is -2.41. The zero-order valence-electron chi connectivity index (χ0n) is 12.9. The van der Waals surface area contributed by atoms with E-state index in [1.807, 2.05) is 13.0 Å². The molecular formula is C15H19N3O3S2. The van der Waals surface area contributed by atoms with Crippen molar-refractivity contribution in [3.63, 3.8) is 0 Å². The van der Waals surface area contributed by atoms with Crippen molar-refractivity contribution in [3.05, 3.63) is 35.6 Å². The monoisotopic (exact) mass is 353 g/mol. The Morgan fingerprint density at radius 3 is 2.70 bits per heavy atom. The molecule has 2 aromatic heterocycles. The van der Waals surface area contributed by atoms with Crippen LogP contribution in [-0.4, -0.2) is 41.9 Å². The van der Waals surface area contributed by atoms with Crippen LogP contribution in [0, 0.1) is 0 Å². The van der Waals surface area contributed by atoms with E-state index < -0.39 is 10.0 Å². The molecule has 8 heteroatoms. The van der Waals surface area contributed by atoms with Crippen molar-refractivity contribution in [2.45, 2.75) is 36.5 Å². The fraction of sp³-hybridized carbons (Fsp3) is 0.467. The van der Waals surface area contributed by atoms with Crippen molar-refractivity contribution in [2.24, 2.45) is 0 Å². The van der Waals surface area contributed by atoms with Crippen LogP contribution in [0.2, 0.25) is 0 Å². The summed E-state index contributed by atoms with van der Waals surface area (Å²) in [6.45, 7) is 2.97. The van der Waals surface area contributed by atoms with Crippen LogP contribution >= 0.6 is 11.3 Å². The standard InChI is InChI=1S/C15H19N3O3S2/c1-2-13-3-4-15(22-13)23(19,20)18-9-6-12(7-10-18)21-14-5-8-16-11-17-14/h3-5,8,11-12H,2,6-7,9-10H2,1H3. The van der Waals surface area contributed by atoms with E-state index in [4.69, 9.17) is 4.74 Å². The summed E-state index contributed by atoms with van der Waals surface area (Å²) in [6, 6.07) is 5.31. The maximum absolute atomic E-state index is 12.7. The Bertz CT molecular complexity index is 738. The molecular weight excluding hydrogens is 334 g/mol. The number of aryl methyl sites for hydroxylation is 1. The predicted octanol–water partition coefficient (Wildman–Crippen LogP) is 2.33.